The average Bonchev–Trinajstić information content (AvgIpc) is 2.46. The van der Waals surface area contributed by atoms with Crippen LogP contribution in [0.5, 0.6) is 0 Å². The van der Waals surface area contributed by atoms with Gasteiger partial charge in [0.2, 0.25) is 0 Å². The molecule has 2 aromatic rings. The topological polar surface area (TPSA) is 109 Å². The van der Waals surface area contributed by atoms with Crippen LogP contribution in [0.1, 0.15) is 11.1 Å². The lowest BCUT2D eigenvalue weighted by Crippen LogP contribution is -2.12. The standard InChI is InChI=1S/C7H5F3O3S.C7H8O3S/c8-7(9,10)5-3-1-2-4-6(5)14(11,12)13;1-6-2-4-7(5-3-6)11(8,9)10/h1-4H,(H,11,12,13);2-5H,1H3,(H,8,9,10). The van der Waals surface area contributed by atoms with Crippen LogP contribution in [-0.4, -0.2) is 25.9 Å². The Kier molecular flexibility index (Phi) is 6.34. The van der Waals surface area contributed by atoms with E-state index in [0.717, 1.165) is 17.7 Å². The van der Waals surface area contributed by atoms with Gasteiger partial charge in [-0.3, -0.25) is 9.11 Å². The molecule has 25 heavy (non-hydrogen) atoms. The van der Waals surface area contributed by atoms with Crippen molar-refractivity contribution in [1.82, 2.24) is 0 Å². The highest BCUT2D eigenvalue weighted by atomic mass is 32.2. The van der Waals surface area contributed by atoms with Crippen LogP contribution in [0.4, 0.5) is 13.2 Å². The average molecular weight is 398 g/mol. The second-order valence-electron chi connectivity index (χ2n) is 4.76. The molecular formula is C14H13F3O6S2. The van der Waals surface area contributed by atoms with Gasteiger partial charge in [0.15, 0.2) is 0 Å². The zero-order chi connectivity index (χ0) is 19.5. The van der Waals surface area contributed by atoms with Crippen LogP contribution in [-0.2, 0) is 26.4 Å². The molecule has 138 valence electrons. The maximum atomic E-state index is 12.2. The first kappa shape index (κ1) is 21.1. The Morgan fingerprint density at radius 3 is 1.64 bits per heavy atom. The first-order chi connectivity index (χ1) is 11.2. The first-order valence-electron chi connectivity index (χ1n) is 6.41. The molecule has 2 rings (SSSR count). The molecule has 0 unspecified atom stereocenters. The molecular weight excluding hydrogens is 385 g/mol. The van der Waals surface area contributed by atoms with E-state index in [9.17, 15) is 30.0 Å². The summed E-state index contributed by atoms with van der Waals surface area (Å²) >= 11 is 0. The molecule has 0 aromatic heterocycles. The summed E-state index contributed by atoms with van der Waals surface area (Å²) in [7, 11) is -8.86. The Morgan fingerprint density at radius 1 is 0.800 bits per heavy atom. The molecule has 0 saturated carbocycles. The maximum absolute atomic E-state index is 12.2. The van der Waals surface area contributed by atoms with E-state index in [1.54, 1.807) is 12.1 Å². The fourth-order valence-corrected chi connectivity index (χ4v) is 2.83. The second kappa shape index (κ2) is 7.52. The minimum absolute atomic E-state index is 0.0666. The van der Waals surface area contributed by atoms with Crippen molar-refractivity contribution in [3.63, 3.8) is 0 Å². The van der Waals surface area contributed by atoms with Gasteiger partial charge < -0.3 is 0 Å². The smallest absolute Gasteiger partial charge is 0.282 e. The number of benzene rings is 2. The molecule has 0 saturated heterocycles. The van der Waals surface area contributed by atoms with E-state index < -0.39 is 36.9 Å². The van der Waals surface area contributed by atoms with E-state index >= 15 is 0 Å². The van der Waals surface area contributed by atoms with Crippen LogP contribution in [0, 0.1) is 6.92 Å². The molecule has 0 atom stereocenters. The Hall–Kier alpha value is -1.95. The minimum Gasteiger partial charge on any atom is -0.282 e. The zero-order valence-electron chi connectivity index (χ0n) is 12.6. The van der Waals surface area contributed by atoms with Crippen molar-refractivity contribution in [2.45, 2.75) is 22.9 Å². The summed E-state index contributed by atoms with van der Waals surface area (Å²) in [6.07, 6.45) is -4.80. The zero-order valence-corrected chi connectivity index (χ0v) is 14.2. The summed E-state index contributed by atoms with van der Waals surface area (Å²) in [5, 5.41) is 0. The van der Waals surface area contributed by atoms with Crippen molar-refractivity contribution in [3.8, 4) is 0 Å². The predicted octanol–water partition coefficient (Wildman–Crippen LogP) is 3.19. The van der Waals surface area contributed by atoms with Gasteiger partial charge in [0.1, 0.15) is 4.90 Å². The van der Waals surface area contributed by atoms with Crippen LogP contribution in [0.25, 0.3) is 0 Å². The van der Waals surface area contributed by atoms with Crippen molar-refractivity contribution in [1.29, 1.82) is 0 Å². The van der Waals surface area contributed by atoms with E-state index in [1.165, 1.54) is 12.1 Å². The van der Waals surface area contributed by atoms with Gasteiger partial charge >= 0.3 is 6.18 Å². The molecule has 11 heteroatoms. The molecule has 2 aromatic carbocycles. The molecule has 0 radical (unpaired) electrons. The number of aryl methyl sites for hydroxylation is 1. The van der Waals surface area contributed by atoms with E-state index in [1.807, 2.05) is 6.92 Å². The highest BCUT2D eigenvalue weighted by Gasteiger charge is 2.36. The lowest BCUT2D eigenvalue weighted by Gasteiger charge is -2.09. The number of halogens is 3. The summed E-state index contributed by atoms with van der Waals surface area (Å²) in [6, 6.07) is 9.40. The second-order valence-corrected chi connectivity index (χ2v) is 7.57. The van der Waals surface area contributed by atoms with Crippen LogP contribution >= 0.6 is 0 Å². The molecule has 2 N–H and O–H groups in total. The molecule has 0 fully saturated rings. The molecule has 0 bridgehead atoms. The van der Waals surface area contributed by atoms with Gasteiger partial charge in [-0.25, -0.2) is 0 Å². The van der Waals surface area contributed by atoms with Gasteiger partial charge in [0.25, 0.3) is 20.2 Å². The lowest BCUT2D eigenvalue weighted by molar-refractivity contribution is -0.140. The molecule has 0 amide bonds. The van der Waals surface area contributed by atoms with Crippen molar-refractivity contribution < 1.29 is 39.1 Å². The van der Waals surface area contributed by atoms with Gasteiger partial charge in [-0.15, -0.1) is 0 Å². The van der Waals surface area contributed by atoms with Crippen LogP contribution < -0.4 is 0 Å². The summed E-state index contributed by atoms with van der Waals surface area (Å²) in [5.74, 6) is 0. The molecule has 0 aliphatic carbocycles. The SMILES string of the molecule is Cc1ccc(S(=O)(=O)O)cc1.O=S(=O)(O)c1ccccc1C(F)(F)F. The summed E-state index contributed by atoms with van der Waals surface area (Å²) in [5.41, 5.74) is -0.417. The lowest BCUT2D eigenvalue weighted by atomic mass is 10.2. The predicted molar refractivity (Wildman–Crippen MR) is 82.3 cm³/mol. The fourth-order valence-electron chi connectivity index (χ4n) is 1.64. The fraction of sp³-hybridized carbons (Fsp3) is 0.143. The summed E-state index contributed by atoms with van der Waals surface area (Å²) in [6.45, 7) is 1.84. The van der Waals surface area contributed by atoms with Gasteiger partial charge in [0, 0.05) is 0 Å². The third-order valence-corrected chi connectivity index (χ3v) is 4.57. The van der Waals surface area contributed by atoms with E-state index in [0.29, 0.717) is 12.1 Å². The maximum Gasteiger partial charge on any atom is 0.417 e. The Morgan fingerprint density at radius 2 is 1.28 bits per heavy atom. The van der Waals surface area contributed by atoms with Gasteiger partial charge in [-0.1, -0.05) is 29.8 Å². The Balaban J connectivity index is 0.000000257. The Labute approximate surface area is 142 Å². The van der Waals surface area contributed by atoms with Crippen molar-refractivity contribution in [2.24, 2.45) is 0 Å². The number of alkyl halides is 3. The van der Waals surface area contributed by atoms with Crippen molar-refractivity contribution >= 4 is 20.2 Å². The van der Waals surface area contributed by atoms with Crippen LogP contribution in [0.3, 0.4) is 0 Å². The number of rotatable bonds is 2. The summed E-state index contributed by atoms with van der Waals surface area (Å²) < 4.78 is 95.8. The number of hydrogen-bond acceptors (Lipinski definition) is 4. The van der Waals surface area contributed by atoms with Crippen molar-refractivity contribution in [3.05, 3.63) is 59.7 Å². The normalized spacial score (nSPS) is 12.2. The third kappa shape index (κ3) is 6.46. The number of hydrogen-bond donors (Lipinski definition) is 2. The Bertz CT molecular complexity index is 933. The van der Waals surface area contributed by atoms with Gasteiger partial charge in [-0.2, -0.15) is 30.0 Å². The van der Waals surface area contributed by atoms with Gasteiger partial charge in [-0.05, 0) is 31.2 Å². The van der Waals surface area contributed by atoms with E-state index in [4.69, 9.17) is 9.11 Å². The molecule has 0 heterocycles. The summed E-state index contributed by atoms with van der Waals surface area (Å²) in [4.78, 5) is -1.20. The minimum atomic E-state index is -4.84. The molecule has 6 nitrogen and oxygen atoms in total. The van der Waals surface area contributed by atoms with Crippen LogP contribution in [0.2, 0.25) is 0 Å². The first-order valence-corrected chi connectivity index (χ1v) is 9.29. The highest BCUT2D eigenvalue weighted by molar-refractivity contribution is 7.86. The quantitative estimate of drug-likeness (QED) is 0.752. The molecule has 0 spiro atoms. The molecule has 0 aliphatic rings. The molecule has 0 aliphatic heterocycles. The van der Waals surface area contributed by atoms with Gasteiger partial charge in [0.05, 0.1) is 10.5 Å². The highest BCUT2D eigenvalue weighted by Crippen LogP contribution is 2.33. The van der Waals surface area contributed by atoms with Crippen LogP contribution in [0.15, 0.2) is 58.3 Å². The third-order valence-electron chi connectivity index (χ3n) is 2.79. The van der Waals surface area contributed by atoms with E-state index in [2.05, 4.69) is 0 Å². The largest absolute Gasteiger partial charge is 0.417 e. The monoisotopic (exact) mass is 398 g/mol. The van der Waals surface area contributed by atoms with Crippen molar-refractivity contribution in [2.75, 3.05) is 0 Å². The van der Waals surface area contributed by atoms with E-state index in [-0.39, 0.29) is 4.90 Å².